The molecule has 1 aromatic heterocycles. The van der Waals surface area contributed by atoms with Gasteiger partial charge in [0.2, 0.25) is 5.13 Å². The molecule has 3 aromatic carbocycles. The van der Waals surface area contributed by atoms with E-state index in [0.717, 1.165) is 32.5 Å². The first-order valence-corrected chi connectivity index (χ1v) is 10.9. The Balaban J connectivity index is 1.69. The molecule has 4 nitrogen and oxygen atoms in total. The number of aryl methyl sites for hydroxylation is 2. The van der Waals surface area contributed by atoms with Gasteiger partial charge in [0, 0.05) is 11.1 Å². The summed E-state index contributed by atoms with van der Waals surface area (Å²) in [6.07, 6.45) is 4.82. The molecule has 0 saturated heterocycles. The maximum absolute atomic E-state index is 13.1. The molecule has 6 heteroatoms. The molecule has 0 aliphatic heterocycles. The van der Waals surface area contributed by atoms with Crippen LogP contribution in [0.25, 0.3) is 16.3 Å². The van der Waals surface area contributed by atoms with E-state index in [4.69, 9.17) is 11.6 Å². The highest BCUT2D eigenvalue weighted by molar-refractivity contribution is 7.22. The van der Waals surface area contributed by atoms with Crippen LogP contribution in [0.15, 0.2) is 77.9 Å². The number of fused-ring (bicyclic) bond motifs is 1. The Bertz CT molecular complexity index is 1290. The van der Waals surface area contributed by atoms with Crippen molar-refractivity contribution >= 4 is 56.5 Å². The topological polar surface area (TPSA) is 45.6 Å². The Hall–Kier alpha value is -3.28. The van der Waals surface area contributed by atoms with Gasteiger partial charge < -0.3 is 0 Å². The highest BCUT2D eigenvalue weighted by Crippen LogP contribution is 2.30. The molecule has 0 bridgehead atoms. The summed E-state index contributed by atoms with van der Waals surface area (Å²) in [7, 11) is 0. The number of hydrazone groups is 1. The Morgan fingerprint density at radius 2 is 1.77 bits per heavy atom. The Kier molecular flexibility index (Phi) is 6.26. The number of carbonyl (C=O) groups is 1. The second-order valence-corrected chi connectivity index (χ2v) is 8.54. The summed E-state index contributed by atoms with van der Waals surface area (Å²) >= 11 is 7.64. The van der Waals surface area contributed by atoms with Crippen LogP contribution in [0.2, 0.25) is 5.02 Å². The standard InChI is InChI=1S/C25H20ClN3OS/c1-17-7-10-19(11-8-17)16-27-29(24(30)14-12-20-5-3-4-6-21(20)26)25-28-22-13-9-18(2)15-23(22)31-25/h3-16H,1-2H3/b14-12+,27-16+. The second kappa shape index (κ2) is 9.25. The first kappa shape index (κ1) is 21.0. The Morgan fingerprint density at radius 3 is 2.55 bits per heavy atom. The summed E-state index contributed by atoms with van der Waals surface area (Å²) in [5.41, 5.74) is 4.80. The van der Waals surface area contributed by atoms with Crippen LogP contribution in [0.4, 0.5) is 5.13 Å². The molecule has 1 amide bonds. The molecule has 0 N–H and O–H groups in total. The van der Waals surface area contributed by atoms with Crippen molar-refractivity contribution in [3.63, 3.8) is 0 Å². The van der Waals surface area contributed by atoms with Crippen LogP contribution >= 0.6 is 22.9 Å². The zero-order valence-electron chi connectivity index (χ0n) is 17.1. The SMILES string of the molecule is Cc1ccc(/C=N/N(C(=O)/C=C/c2ccccc2Cl)c2nc3ccc(C)cc3s2)cc1. The quantitative estimate of drug-likeness (QED) is 0.196. The third-order valence-corrected chi connectivity index (χ3v) is 5.97. The van der Waals surface area contributed by atoms with Crippen LogP contribution in [-0.4, -0.2) is 17.1 Å². The first-order chi connectivity index (χ1) is 15.0. The summed E-state index contributed by atoms with van der Waals surface area (Å²) in [5, 5.41) is 6.89. The van der Waals surface area contributed by atoms with Gasteiger partial charge in [0.15, 0.2) is 0 Å². The van der Waals surface area contributed by atoms with E-state index in [1.54, 1.807) is 18.4 Å². The fraction of sp³-hybridized carbons (Fsp3) is 0.0800. The number of aromatic nitrogens is 1. The van der Waals surface area contributed by atoms with Crippen LogP contribution in [0.3, 0.4) is 0 Å². The zero-order valence-corrected chi connectivity index (χ0v) is 18.7. The van der Waals surface area contributed by atoms with Crippen molar-refractivity contribution in [1.29, 1.82) is 0 Å². The molecule has 0 aliphatic rings. The largest absolute Gasteiger partial charge is 0.273 e. The van der Waals surface area contributed by atoms with Crippen LogP contribution in [-0.2, 0) is 4.79 Å². The van der Waals surface area contributed by atoms with Gasteiger partial charge in [0.1, 0.15) is 0 Å². The predicted molar refractivity (Wildman–Crippen MR) is 131 cm³/mol. The number of rotatable bonds is 5. The van der Waals surface area contributed by atoms with Crippen molar-refractivity contribution < 1.29 is 4.79 Å². The smallest absolute Gasteiger partial charge is 0.267 e. The second-order valence-electron chi connectivity index (χ2n) is 7.13. The highest BCUT2D eigenvalue weighted by atomic mass is 35.5. The minimum Gasteiger partial charge on any atom is -0.267 e. The molecule has 0 atom stereocenters. The van der Waals surface area contributed by atoms with Gasteiger partial charge in [0.05, 0.1) is 16.4 Å². The van der Waals surface area contributed by atoms with Gasteiger partial charge in [-0.3, -0.25) is 4.79 Å². The molecule has 31 heavy (non-hydrogen) atoms. The first-order valence-electron chi connectivity index (χ1n) is 9.74. The fourth-order valence-electron chi connectivity index (χ4n) is 2.93. The minimum absolute atomic E-state index is 0.306. The lowest BCUT2D eigenvalue weighted by Crippen LogP contribution is -2.23. The van der Waals surface area contributed by atoms with E-state index in [9.17, 15) is 4.79 Å². The maximum Gasteiger partial charge on any atom is 0.273 e. The highest BCUT2D eigenvalue weighted by Gasteiger charge is 2.17. The third kappa shape index (κ3) is 5.08. The zero-order chi connectivity index (χ0) is 21.8. The molecule has 1 heterocycles. The molecule has 154 valence electrons. The van der Waals surface area contributed by atoms with E-state index >= 15 is 0 Å². The number of nitrogens with zero attached hydrogens (tertiary/aromatic N) is 3. The average Bonchev–Trinajstić information content (AvgIpc) is 3.17. The molecule has 4 aromatic rings. The molecule has 0 radical (unpaired) electrons. The van der Waals surface area contributed by atoms with Gasteiger partial charge in [-0.15, -0.1) is 0 Å². The van der Waals surface area contributed by atoms with Crippen LogP contribution < -0.4 is 5.01 Å². The number of hydrogen-bond acceptors (Lipinski definition) is 4. The van der Waals surface area contributed by atoms with Crippen molar-refractivity contribution in [2.75, 3.05) is 5.01 Å². The monoisotopic (exact) mass is 445 g/mol. The molecule has 0 saturated carbocycles. The van der Waals surface area contributed by atoms with Gasteiger partial charge in [-0.05, 0) is 54.8 Å². The summed E-state index contributed by atoms with van der Waals surface area (Å²) in [6.45, 7) is 4.06. The van der Waals surface area contributed by atoms with Gasteiger partial charge in [0.25, 0.3) is 5.91 Å². The number of hydrogen-bond donors (Lipinski definition) is 0. The molecule has 0 spiro atoms. The molecule has 0 aliphatic carbocycles. The Morgan fingerprint density at radius 1 is 1.03 bits per heavy atom. The summed E-state index contributed by atoms with van der Waals surface area (Å²) in [6, 6.07) is 21.3. The van der Waals surface area contributed by atoms with Gasteiger partial charge >= 0.3 is 0 Å². The van der Waals surface area contributed by atoms with E-state index in [1.807, 2.05) is 68.4 Å². The number of thiazole rings is 1. The number of benzene rings is 3. The average molecular weight is 446 g/mol. The molecule has 4 rings (SSSR count). The van der Waals surface area contributed by atoms with Crippen LogP contribution in [0, 0.1) is 13.8 Å². The van der Waals surface area contributed by atoms with Gasteiger partial charge in [-0.2, -0.15) is 10.1 Å². The number of halogens is 1. The van der Waals surface area contributed by atoms with Crippen molar-refractivity contribution in [3.8, 4) is 0 Å². The van der Waals surface area contributed by atoms with Gasteiger partial charge in [-0.25, -0.2) is 4.98 Å². The van der Waals surface area contributed by atoms with Crippen molar-refractivity contribution in [3.05, 3.63) is 100 Å². The number of carbonyl (C=O) groups excluding carboxylic acids is 1. The summed E-state index contributed by atoms with van der Waals surface area (Å²) in [4.78, 5) is 17.7. The van der Waals surface area contributed by atoms with E-state index in [2.05, 4.69) is 16.2 Å². The van der Waals surface area contributed by atoms with E-state index in [1.165, 1.54) is 22.4 Å². The predicted octanol–water partition coefficient (Wildman–Crippen LogP) is 6.65. The summed E-state index contributed by atoms with van der Waals surface area (Å²) in [5.74, 6) is -0.306. The molecular formula is C25H20ClN3OS. The van der Waals surface area contributed by atoms with Crippen molar-refractivity contribution in [1.82, 2.24) is 4.98 Å². The fourth-order valence-corrected chi connectivity index (χ4v) is 4.16. The van der Waals surface area contributed by atoms with Crippen molar-refractivity contribution in [2.45, 2.75) is 13.8 Å². The van der Waals surface area contributed by atoms with Crippen LogP contribution in [0.5, 0.6) is 0 Å². The van der Waals surface area contributed by atoms with E-state index in [0.29, 0.717) is 10.2 Å². The maximum atomic E-state index is 13.1. The molecular weight excluding hydrogens is 426 g/mol. The van der Waals surface area contributed by atoms with E-state index in [-0.39, 0.29) is 5.91 Å². The molecule has 0 unspecified atom stereocenters. The number of amides is 1. The number of anilines is 1. The summed E-state index contributed by atoms with van der Waals surface area (Å²) < 4.78 is 1.01. The van der Waals surface area contributed by atoms with Crippen molar-refractivity contribution in [2.24, 2.45) is 5.10 Å². The lowest BCUT2D eigenvalue weighted by molar-refractivity contribution is -0.114. The van der Waals surface area contributed by atoms with Crippen LogP contribution in [0.1, 0.15) is 22.3 Å². The van der Waals surface area contributed by atoms with E-state index < -0.39 is 0 Å². The minimum atomic E-state index is -0.306. The van der Waals surface area contributed by atoms with Gasteiger partial charge in [-0.1, -0.05) is 77.0 Å². The molecule has 0 fully saturated rings. The third-order valence-electron chi connectivity index (χ3n) is 4.63. The lowest BCUT2D eigenvalue weighted by atomic mass is 10.2. The Labute approximate surface area is 190 Å². The normalized spacial score (nSPS) is 11.6. The lowest BCUT2D eigenvalue weighted by Gasteiger charge is -2.11.